The summed E-state index contributed by atoms with van der Waals surface area (Å²) >= 11 is 5.80. The summed E-state index contributed by atoms with van der Waals surface area (Å²) in [6, 6.07) is 3.34. The average molecular weight is 237 g/mol. The van der Waals surface area contributed by atoms with Crippen molar-refractivity contribution < 1.29 is 4.79 Å². The molecule has 0 unspecified atom stereocenters. The first-order valence-corrected chi connectivity index (χ1v) is 5.12. The summed E-state index contributed by atoms with van der Waals surface area (Å²) in [7, 11) is 0. The third kappa shape index (κ3) is 1.72. The van der Waals surface area contributed by atoms with E-state index in [1.807, 2.05) is 0 Å². The van der Waals surface area contributed by atoms with Crippen LogP contribution in [0.15, 0.2) is 23.1 Å². The number of carbonyl (C=O) groups is 1. The topological polar surface area (TPSA) is 51.4 Å². The van der Waals surface area contributed by atoms with E-state index < -0.39 is 0 Å². The highest BCUT2D eigenvalue weighted by Gasteiger charge is 2.08. The van der Waals surface area contributed by atoms with Gasteiger partial charge in [0.05, 0.1) is 5.02 Å². The molecule has 2 aromatic rings. The Kier molecular flexibility index (Phi) is 2.75. The zero-order valence-electron chi connectivity index (χ0n) is 8.61. The second-order valence-electron chi connectivity index (χ2n) is 3.43. The number of fused-ring (bicyclic) bond motifs is 1. The van der Waals surface area contributed by atoms with Crippen LogP contribution in [0, 0.1) is 6.92 Å². The van der Waals surface area contributed by atoms with Gasteiger partial charge in [-0.05, 0) is 19.1 Å². The zero-order valence-corrected chi connectivity index (χ0v) is 9.36. The maximum atomic E-state index is 12.0. The highest BCUT2D eigenvalue weighted by atomic mass is 35.5. The fourth-order valence-corrected chi connectivity index (χ4v) is 1.74. The molecular weight excluding hydrogens is 228 g/mol. The molecule has 0 aliphatic heterocycles. The van der Waals surface area contributed by atoms with Crippen LogP contribution in [0.25, 0.3) is 5.65 Å². The highest BCUT2D eigenvalue weighted by Crippen LogP contribution is 2.09. The van der Waals surface area contributed by atoms with Crippen LogP contribution in [0.2, 0.25) is 5.02 Å². The van der Waals surface area contributed by atoms with Crippen LogP contribution in [0.4, 0.5) is 0 Å². The molecule has 2 aromatic heterocycles. The summed E-state index contributed by atoms with van der Waals surface area (Å²) in [6.45, 7) is 1.72. The van der Waals surface area contributed by atoms with Gasteiger partial charge in [0.25, 0.3) is 5.56 Å². The SMILES string of the molecule is Cc1nc2ccc(Cl)cn2c(=O)c1CC=O. The maximum Gasteiger partial charge on any atom is 0.261 e. The molecule has 0 aromatic carbocycles. The third-order valence-electron chi connectivity index (χ3n) is 2.37. The standard InChI is InChI=1S/C11H9ClN2O2/c1-7-9(4-5-15)11(16)14-6-8(12)2-3-10(14)13-7/h2-3,5-6H,4H2,1H3. The van der Waals surface area contributed by atoms with Crippen molar-refractivity contribution in [3.63, 3.8) is 0 Å². The number of aryl methyl sites for hydroxylation is 1. The lowest BCUT2D eigenvalue weighted by Gasteiger charge is -2.05. The van der Waals surface area contributed by atoms with Gasteiger partial charge in [-0.25, -0.2) is 4.98 Å². The summed E-state index contributed by atoms with van der Waals surface area (Å²) < 4.78 is 1.36. The van der Waals surface area contributed by atoms with Crippen molar-refractivity contribution in [1.82, 2.24) is 9.38 Å². The zero-order chi connectivity index (χ0) is 11.7. The maximum absolute atomic E-state index is 12.0. The van der Waals surface area contributed by atoms with E-state index in [1.54, 1.807) is 19.1 Å². The summed E-state index contributed by atoms with van der Waals surface area (Å²) in [5.74, 6) is 0. The molecule has 0 saturated heterocycles. The minimum Gasteiger partial charge on any atom is -0.303 e. The smallest absolute Gasteiger partial charge is 0.261 e. The molecule has 0 radical (unpaired) electrons. The van der Waals surface area contributed by atoms with E-state index >= 15 is 0 Å². The predicted molar refractivity (Wildman–Crippen MR) is 61.0 cm³/mol. The first-order chi connectivity index (χ1) is 7.63. The highest BCUT2D eigenvalue weighted by molar-refractivity contribution is 6.30. The van der Waals surface area contributed by atoms with Crippen LogP contribution in [-0.2, 0) is 11.2 Å². The molecule has 0 spiro atoms. The van der Waals surface area contributed by atoms with E-state index in [0.29, 0.717) is 28.2 Å². The van der Waals surface area contributed by atoms with E-state index in [0.717, 1.165) is 0 Å². The van der Waals surface area contributed by atoms with Gasteiger partial charge in [0, 0.05) is 23.9 Å². The minimum atomic E-state index is -0.239. The average Bonchev–Trinajstić information content (AvgIpc) is 2.26. The molecule has 0 atom stereocenters. The molecule has 5 heteroatoms. The number of aldehydes is 1. The Hall–Kier alpha value is -1.68. The largest absolute Gasteiger partial charge is 0.303 e. The van der Waals surface area contributed by atoms with Gasteiger partial charge in [-0.3, -0.25) is 9.20 Å². The number of rotatable bonds is 2. The van der Waals surface area contributed by atoms with Gasteiger partial charge in [0.1, 0.15) is 11.9 Å². The van der Waals surface area contributed by atoms with Crippen LogP contribution >= 0.6 is 11.6 Å². The first-order valence-electron chi connectivity index (χ1n) is 4.74. The molecule has 0 saturated carbocycles. The van der Waals surface area contributed by atoms with Crippen molar-refractivity contribution >= 4 is 23.5 Å². The predicted octanol–water partition coefficient (Wildman–Crippen LogP) is 1.40. The molecule has 0 N–H and O–H groups in total. The number of hydrogen-bond donors (Lipinski definition) is 0. The minimum absolute atomic E-state index is 0.0765. The van der Waals surface area contributed by atoms with E-state index in [2.05, 4.69) is 4.98 Å². The van der Waals surface area contributed by atoms with E-state index in [-0.39, 0.29) is 12.0 Å². The lowest BCUT2D eigenvalue weighted by atomic mass is 10.2. The molecular formula is C11H9ClN2O2. The Balaban J connectivity index is 2.85. The first kappa shape index (κ1) is 10.8. The second kappa shape index (κ2) is 4.06. The molecule has 4 nitrogen and oxygen atoms in total. The normalized spacial score (nSPS) is 10.6. The number of hydrogen-bond acceptors (Lipinski definition) is 3. The van der Waals surface area contributed by atoms with Gasteiger partial charge in [0.2, 0.25) is 0 Å². The lowest BCUT2D eigenvalue weighted by molar-refractivity contribution is -0.107. The van der Waals surface area contributed by atoms with Crippen molar-refractivity contribution in [3.8, 4) is 0 Å². The number of carbonyl (C=O) groups excluding carboxylic acids is 1. The molecule has 2 heterocycles. The molecule has 0 fully saturated rings. The number of nitrogens with zero attached hydrogens (tertiary/aromatic N) is 2. The van der Waals surface area contributed by atoms with Gasteiger partial charge in [-0.1, -0.05) is 11.6 Å². The molecule has 0 aliphatic carbocycles. The Bertz CT molecular complexity index is 619. The van der Waals surface area contributed by atoms with Gasteiger partial charge < -0.3 is 4.79 Å². The van der Waals surface area contributed by atoms with Crippen LogP contribution in [0.3, 0.4) is 0 Å². The molecule has 82 valence electrons. The van der Waals surface area contributed by atoms with Crippen LogP contribution in [0.5, 0.6) is 0 Å². The van der Waals surface area contributed by atoms with Gasteiger partial charge in [-0.2, -0.15) is 0 Å². The van der Waals surface area contributed by atoms with Crippen molar-refractivity contribution in [1.29, 1.82) is 0 Å². The fourth-order valence-electron chi connectivity index (χ4n) is 1.58. The summed E-state index contributed by atoms with van der Waals surface area (Å²) in [6.07, 6.45) is 2.27. The van der Waals surface area contributed by atoms with Crippen molar-refractivity contribution in [2.24, 2.45) is 0 Å². The van der Waals surface area contributed by atoms with E-state index in [4.69, 9.17) is 11.6 Å². The Labute approximate surface area is 96.5 Å². The number of pyridine rings is 1. The van der Waals surface area contributed by atoms with Crippen molar-refractivity contribution in [2.45, 2.75) is 13.3 Å². The van der Waals surface area contributed by atoms with Crippen molar-refractivity contribution in [3.05, 3.63) is 45.0 Å². The van der Waals surface area contributed by atoms with E-state index in [1.165, 1.54) is 10.6 Å². The summed E-state index contributed by atoms with van der Waals surface area (Å²) in [4.78, 5) is 26.7. The molecule has 0 amide bonds. The Morgan fingerprint density at radius 2 is 2.25 bits per heavy atom. The fraction of sp³-hybridized carbons (Fsp3) is 0.182. The van der Waals surface area contributed by atoms with Crippen LogP contribution < -0.4 is 5.56 Å². The lowest BCUT2D eigenvalue weighted by Crippen LogP contribution is -2.21. The molecule has 2 rings (SSSR count). The van der Waals surface area contributed by atoms with Crippen LogP contribution in [-0.4, -0.2) is 15.7 Å². The third-order valence-corrected chi connectivity index (χ3v) is 2.60. The van der Waals surface area contributed by atoms with Gasteiger partial charge >= 0.3 is 0 Å². The summed E-state index contributed by atoms with van der Waals surface area (Å²) in [5.41, 5.74) is 1.29. The molecule has 0 aliphatic rings. The molecule has 16 heavy (non-hydrogen) atoms. The van der Waals surface area contributed by atoms with Gasteiger partial charge in [-0.15, -0.1) is 0 Å². The van der Waals surface area contributed by atoms with Crippen molar-refractivity contribution in [2.75, 3.05) is 0 Å². The number of halogens is 1. The van der Waals surface area contributed by atoms with Crippen LogP contribution in [0.1, 0.15) is 11.3 Å². The Morgan fingerprint density at radius 1 is 1.50 bits per heavy atom. The van der Waals surface area contributed by atoms with E-state index in [9.17, 15) is 9.59 Å². The summed E-state index contributed by atoms with van der Waals surface area (Å²) in [5, 5.41) is 0.456. The van der Waals surface area contributed by atoms with Gasteiger partial charge in [0.15, 0.2) is 0 Å². The monoisotopic (exact) mass is 236 g/mol. The quantitative estimate of drug-likeness (QED) is 0.741. The number of aromatic nitrogens is 2. The molecule has 0 bridgehead atoms. The Morgan fingerprint density at radius 3 is 2.94 bits per heavy atom. The second-order valence-corrected chi connectivity index (χ2v) is 3.86.